The van der Waals surface area contributed by atoms with E-state index in [2.05, 4.69) is 27.2 Å². The molecular weight excluding hydrogens is 234 g/mol. The van der Waals surface area contributed by atoms with E-state index in [-0.39, 0.29) is 0 Å². The van der Waals surface area contributed by atoms with Crippen LogP contribution in [0.1, 0.15) is 18.9 Å². The molecule has 1 N–H and O–H groups in total. The molecule has 2 aromatic heterocycles. The van der Waals surface area contributed by atoms with Crippen LogP contribution in [0.4, 0.5) is 5.82 Å². The molecule has 0 aromatic carbocycles. The maximum Gasteiger partial charge on any atom is 0.150 e. The molecular formula is C12H15N3OS. The van der Waals surface area contributed by atoms with Crippen molar-refractivity contribution in [2.45, 2.75) is 25.9 Å². The number of hydrogen-bond acceptors (Lipinski definition) is 5. The number of thiophene rings is 1. The lowest BCUT2D eigenvalue weighted by atomic mass is 9.91. The van der Waals surface area contributed by atoms with Gasteiger partial charge < -0.3 is 10.0 Å². The molecule has 17 heavy (non-hydrogen) atoms. The second-order valence-electron chi connectivity index (χ2n) is 4.73. The molecule has 1 fully saturated rings. The van der Waals surface area contributed by atoms with E-state index in [0.29, 0.717) is 13.1 Å². The van der Waals surface area contributed by atoms with E-state index < -0.39 is 5.60 Å². The number of aromatic nitrogens is 2. The van der Waals surface area contributed by atoms with E-state index >= 15 is 0 Å². The summed E-state index contributed by atoms with van der Waals surface area (Å²) in [5.74, 6) is 0.964. The first-order valence-corrected chi connectivity index (χ1v) is 6.67. The van der Waals surface area contributed by atoms with E-state index in [1.54, 1.807) is 17.7 Å². The molecule has 3 heterocycles. The molecule has 4 nitrogen and oxygen atoms in total. The lowest BCUT2D eigenvalue weighted by Crippen LogP contribution is -2.61. The molecule has 0 amide bonds. The third kappa shape index (κ3) is 1.61. The van der Waals surface area contributed by atoms with Gasteiger partial charge in [-0.25, -0.2) is 9.97 Å². The minimum absolute atomic E-state index is 0.524. The summed E-state index contributed by atoms with van der Waals surface area (Å²) in [6.45, 7) is 5.43. The molecule has 0 aliphatic carbocycles. The molecule has 0 unspecified atom stereocenters. The molecule has 0 saturated carbocycles. The van der Waals surface area contributed by atoms with Crippen LogP contribution >= 0.6 is 11.3 Å². The number of nitrogens with zero attached hydrogens (tertiary/aromatic N) is 3. The fraction of sp³-hybridized carbons (Fsp3) is 0.500. The van der Waals surface area contributed by atoms with Gasteiger partial charge in [-0.05, 0) is 24.3 Å². The Balaban J connectivity index is 1.97. The third-order valence-corrected chi connectivity index (χ3v) is 4.52. The summed E-state index contributed by atoms with van der Waals surface area (Å²) in [5, 5.41) is 12.2. The highest BCUT2D eigenvalue weighted by Crippen LogP contribution is 2.35. The van der Waals surface area contributed by atoms with Gasteiger partial charge in [0.2, 0.25) is 0 Å². The quantitative estimate of drug-likeness (QED) is 0.884. The van der Waals surface area contributed by atoms with E-state index in [1.165, 1.54) is 5.56 Å². The van der Waals surface area contributed by atoms with Crippen LogP contribution in [0.2, 0.25) is 0 Å². The van der Waals surface area contributed by atoms with Gasteiger partial charge in [-0.1, -0.05) is 6.92 Å². The van der Waals surface area contributed by atoms with Crippen molar-refractivity contribution in [2.75, 3.05) is 18.0 Å². The van der Waals surface area contributed by atoms with Crippen LogP contribution in [0, 0.1) is 6.92 Å². The summed E-state index contributed by atoms with van der Waals surface area (Å²) >= 11 is 1.68. The van der Waals surface area contributed by atoms with Gasteiger partial charge in [0.25, 0.3) is 0 Å². The maximum atomic E-state index is 10.0. The van der Waals surface area contributed by atoms with Crippen LogP contribution in [0.3, 0.4) is 0 Å². The van der Waals surface area contributed by atoms with Crippen molar-refractivity contribution in [3.8, 4) is 0 Å². The average Bonchev–Trinajstić information content (AvgIpc) is 2.67. The lowest BCUT2D eigenvalue weighted by Gasteiger charge is -2.46. The highest BCUT2D eigenvalue weighted by Gasteiger charge is 2.40. The predicted molar refractivity (Wildman–Crippen MR) is 69.6 cm³/mol. The number of aryl methyl sites for hydroxylation is 1. The number of fused-ring (bicyclic) bond motifs is 1. The van der Waals surface area contributed by atoms with Crippen LogP contribution < -0.4 is 4.90 Å². The predicted octanol–water partition coefficient (Wildman–Crippen LogP) is 1.96. The Bertz CT molecular complexity index is 560. The summed E-state index contributed by atoms with van der Waals surface area (Å²) in [6, 6.07) is 0. The van der Waals surface area contributed by atoms with Gasteiger partial charge in [-0.3, -0.25) is 0 Å². The molecule has 1 aliphatic rings. The largest absolute Gasteiger partial charge is 0.386 e. The van der Waals surface area contributed by atoms with Crippen molar-refractivity contribution >= 4 is 27.4 Å². The topological polar surface area (TPSA) is 49.2 Å². The standard InChI is InChI=1S/C12H15N3OS/c1-3-12(16)5-15(6-12)11-10-9(13-7-14-11)8(2)4-17-10/h4,7,16H,3,5-6H2,1-2H3. The fourth-order valence-corrected chi connectivity index (χ4v) is 3.24. The molecule has 0 atom stereocenters. The second-order valence-corrected chi connectivity index (χ2v) is 5.61. The van der Waals surface area contributed by atoms with Gasteiger partial charge in [0, 0.05) is 0 Å². The van der Waals surface area contributed by atoms with Gasteiger partial charge >= 0.3 is 0 Å². The van der Waals surface area contributed by atoms with Crippen molar-refractivity contribution in [1.82, 2.24) is 9.97 Å². The van der Waals surface area contributed by atoms with Gasteiger partial charge in [0.05, 0.1) is 28.9 Å². The summed E-state index contributed by atoms with van der Waals surface area (Å²) < 4.78 is 1.13. The monoisotopic (exact) mass is 249 g/mol. The number of β-amino-alcohol motifs (C(OH)–C–C–N with tert-alkyl or cyclic N) is 1. The molecule has 5 heteroatoms. The minimum atomic E-state index is -0.524. The van der Waals surface area contributed by atoms with Crippen LogP contribution in [-0.4, -0.2) is 33.8 Å². The first kappa shape index (κ1) is 10.9. The number of anilines is 1. The zero-order chi connectivity index (χ0) is 12.0. The van der Waals surface area contributed by atoms with E-state index in [9.17, 15) is 5.11 Å². The van der Waals surface area contributed by atoms with Crippen LogP contribution in [0.5, 0.6) is 0 Å². The summed E-state index contributed by atoms with van der Waals surface area (Å²) in [4.78, 5) is 10.8. The average molecular weight is 249 g/mol. The van der Waals surface area contributed by atoms with Crippen molar-refractivity contribution in [3.05, 3.63) is 17.3 Å². The molecule has 1 saturated heterocycles. The Labute approximate surface area is 104 Å². The molecule has 1 aliphatic heterocycles. The van der Waals surface area contributed by atoms with Crippen molar-refractivity contribution in [2.24, 2.45) is 0 Å². The zero-order valence-corrected chi connectivity index (χ0v) is 10.8. The maximum absolute atomic E-state index is 10.0. The first-order valence-electron chi connectivity index (χ1n) is 5.79. The number of aliphatic hydroxyl groups is 1. The van der Waals surface area contributed by atoms with E-state index in [0.717, 1.165) is 22.5 Å². The molecule has 0 bridgehead atoms. The van der Waals surface area contributed by atoms with Gasteiger partial charge in [-0.15, -0.1) is 11.3 Å². The fourth-order valence-electron chi connectivity index (χ4n) is 2.22. The molecule has 0 spiro atoms. The van der Waals surface area contributed by atoms with Crippen molar-refractivity contribution in [1.29, 1.82) is 0 Å². The Kier molecular flexibility index (Phi) is 2.34. The van der Waals surface area contributed by atoms with Crippen LogP contribution in [-0.2, 0) is 0 Å². The van der Waals surface area contributed by atoms with Crippen LogP contribution in [0.15, 0.2) is 11.7 Å². The lowest BCUT2D eigenvalue weighted by molar-refractivity contribution is 0.00825. The molecule has 90 valence electrons. The Morgan fingerprint density at radius 2 is 2.24 bits per heavy atom. The molecule has 0 radical (unpaired) electrons. The van der Waals surface area contributed by atoms with Gasteiger partial charge in [0.15, 0.2) is 0 Å². The highest BCUT2D eigenvalue weighted by molar-refractivity contribution is 7.18. The molecule has 3 rings (SSSR count). The SMILES string of the molecule is CCC1(O)CN(c2ncnc3c(C)csc23)C1. The third-order valence-electron chi connectivity index (χ3n) is 3.44. The second kappa shape index (κ2) is 3.65. The summed E-state index contributed by atoms with van der Waals surface area (Å²) in [7, 11) is 0. The first-order chi connectivity index (χ1) is 8.13. The number of rotatable bonds is 2. The smallest absolute Gasteiger partial charge is 0.150 e. The minimum Gasteiger partial charge on any atom is -0.386 e. The van der Waals surface area contributed by atoms with Crippen molar-refractivity contribution < 1.29 is 5.11 Å². The van der Waals surface area contributed by atoms with E-state index in [4.69, 9.17) is 0 Å². The highest BCUT2D eigenvalue weighted by atomic mass is 32.1. The Morgan fingerprint density at radius 1 is 1.47 bits per heavy atom. The molecule has 2 aromatic rings. The number of hydrogen-bond donors (Lipinski definition) is 1. The van der Waals surface area contributed by atoms with E-state index in [1.807, 2.05) is 6.92 Å². The Hall–Kier alpha value is -1.20. The van der Waals surface area contributed by atoms with Crippen LogP contribution in [0.25, 0.3) is 10.2 Å². The summed E-state index contributed by atoms with van der Waals surface area (Å²) in [6.07, 6.45) is 2.40. The summed E-state index contributed by atoms with van der Waals surface area (Å²) in [5.41, 5.74) is 1.70. The normalized spacial score (nSPS) is 18.4. The van der Waals surface area contributed by atoms with Crippen molar-refractivity contribution in [3.63, 3.8) is 0 Å². The Morgan fingerprint density at radius 3 is 2.94 bits per heavy atom. The van der Waals surface area contributed by atoms with Gasteiger partial charge in [0.1, 0.15) is 12.1 Å². The zero-order valence-electron chi connectivity index (χ0n) is 9.97. The van der Waals surface area contributed by atoms with Gasteiger partial charge in [-0.2, -0.15) is 0 Å².